The molecule has 0 bridgehead atoms. The lowest BCUT2D eigenvalue weighted by molar-refractivity contribution is -0.147. The predicted molar refractivity (Wildman–Crippen MR) is 92.6 cm³/mol. The van der Waals surface area contributed by atoms with Crippen molar-refractivity contribution in [3.8, 4) is 0 Å². The molecular weight excluding hydrogens is 360 g/mol. The van der Waals surface area contributed by atoms with Crippen LogP contribution in [0.2, 0.25) is 0 Å². The first kappa shape index (κ1) is 19.7. The highest BCUT2D eigenvalue weighted by Crippen LogP contribution is 2.14. The van der Waals surface area contributed by atoms with E-state index in [1.165, 1.54) is 18.4 Å². The van der Waals surface area contributed by atoms with Gasteiger partial charge >= 0.3 is 5.97 Å². The highest BCUT2D eigenvalue weighted by molar-refractivity contribution is 7.89. The molecule has 1 heterocycles. The Hall–Kier alpha value is -2.65. The number of rotatable bonds is 8. The van der Waals surface area contributed by atoms with Crippen molar-refractivity contribution in [2.45, 2.75) is 25.3 Å². The second kappa shape index (κ2) is 8.63. The first-order valence-electron chi connectivity index (χ1n) is 7.79. The zero-order valence-corrected chi connectivity index (χ0v) is 15.3. The largest absolute Gasteiger partial charge is 0.467 e. The van der Waals surface area contributed by atoms with Gasteiger partial charge in [-0.25, -0.2) is 8.42 Å². The highest BCUT2D eigenvalue weighted by Gasteiger charge is 2.17. The van der Waals surface area contributed by atoms with Gasteiger partial charge in [-0.3, -0.25) is 9.59 Å². The summed E-state index contributed by atoms with van der Waals surface area (Å²) in [4.78, 5) is 23.3. The lowest BCUT2D eigenvalue weighted by Gasteiger charge is -2.09. The van der Waals surface area contributed by atoms with Gasteiger partial charge in [0.15, 0.2) is 6.61 Å². The van der Waals surface area contributed by atoms with Crippen LogP contribution >= 0.6 is 0 Å². The second-order valence-electron chi connectivity index (χ2n) is 5.59. The van der Waals surface area contributed by atoms with Gasteiger partial charge in [0.05, 0.1) is 17.7 Å². The monoisotopic (exact) mass is 380 g/mol. The molecule has 0 unspecified atom stereocenters. The van der Waals surface area contributed by atoms with Crippen molar-refractivity contribution >= 4 is 21.9 Å². The summed E-state index contributed by atoms with van der Waals surface area (Å²) in [5.74, 6) is -0.817. The summed E-state index contributed by atoms with van der Waals surface area (Å²) >= 11 is 0. The van der Waals surface area contributed by atoms with Gasteiger partial charge in [0.25, 0.3) is 5.91 Å². The Morgan fingerprint density at radius 2 is 1.92 bits per heavy atom. The minimum absolute atomic E-state index is 0.0598. The van der Waals surface area contributed by atoms with Gasteiger partial charge < -0.3 is 14.5 Å². The summed E-state index contributed by atoms with van der Waals surface area (Å²) in [6, 6.07) is 8.03. The third-order valence-electron chi connectivity index (χ3n) is 3.60. The lowest BCUT2D eigenvalue weighted by Crippen LogP contribution is -2.33. The van der Waals surface area contributed by atoms with Crippen molar-refractivity contribution < 1.29 is 27.2 Å². The molecule has 0 saturated heterocycles. The molecule has 1 aromatic carbocycles. The smallest absolute Gasteiger partial charge is 0.321 e. The van der Waals surface area contributed by atoms with E-state index in [1.807, 2.05) is 6.92 Å². The fraction of sp³-hybridized carbons (Fsp3) is 0.294. The number of aryl methyl sites for hydroxylation is 2. The Morgan fingerprint density at radius 1 is 1.15 bits per heavy atom. The summed E-state index contributed by atoms with van der Waals surface area (Å²) in [6.45, 7) is 2.76. The van der Waals surface area contributed by atoms with E-state index in [0.29, 0.717) is 5.76 Å². The fourth-order valence-electron chi connectivity index (χ4n) is 1.97. The number of sulfonamides is 1. The molecule has 2 aromatic rings. The molecule has 0 fully saturated rings. The van der Waals surface area contributed by atoms with Crippen molar-refractivity contribution in [2.24, 2.45) is 0 Å². The van der Waals surface area contributed by atoms with Crippen LogP contribution in [-0.4, -0.2) is 33.4 Å². The van der Waals surface area contributed by atoms with Crippen molar-refractivity contribution in [1.82, 2.24) is 10.0 Å². The van der Waals surface area contributed by atoms with E-state index in [-0.39, 0.29) is 11.4 Å². The maximum absolute atomic E-state index is 12.2. The predicted octanol–water partition coefficient (Wildman–Crippen LogP) is 1.03. The first-order chi connectivity index (χ1) is 12.3. The van der Waals surface area contributed by atoms with Crippen LogP contribution in [0.1, 0.15) is 16.9 Å². The van der Waals surface area contributed by atoms with Crippen molar-refractivity contribution in [2.75, 3.05) is 13.2 Å². The number of carbonyl (C=O) groups is 2. The minimum Gasteiger partial charge on any atom is -0.467 e. The van der Waals surface area contributed by atoms with E-state index in [4.69, 9.17) is 9.15 Å². The number of nitrogens with one attached hydrogen (secondary N) is 2. The summed E-state index contributed by atoms with van der Waals surface area (Å²) in [5.41, 5.74) is 1.78. The molecule has 8 nitrogen and oxygen atoms in total. The molecular formula is C17H20N2O6S. The zero-order chi connectivity index (χ0) is 19.2. The molecule has 140 valence electrons. The van der Waals surface area contributed by atoms with E-state index in [0.717, 1.165) is 11.1 Å². The molecule has 0 spiro atoms. The quantitative estimate of drug-likeness (QED) is 0.661. The molecule has 0 aliphatic rings. The third kappa shape index (κ3) is 5.71. The molecule has 2 N–H and O–H groups in total. The van der Waals surface area contributed by atoms with E-state index in [2.05, 4.69) is 10.0 Å². The number of amides is 1. The van der Waals surface area contributed by atoms with E-state index < -0.39 is 35.1 Å². The number of hydrogen-bond acceptors (Lipinski definition) is 6. The topological polar surface area (TPSA) is 115 Å². The maximum Gasteiger partial charge on any atom is 0.321 e. The Bertz CT molecular complexity index is 875. The van der Waals surface area contributed by atoms with E-state index in [1.54, 1.807) is 25.1 Å². The van der Waals surface area contributed by atoms with Gasteiger partial charge in [-0.15, -0.1) is 0 Å². The van der Waals surface area contributed by atoms with E-state index >= 15 is 0 Å². The molecule has 0 aliphatic heterocycles. The minimum atomic E-state index is -3.84. The molecule has 0 radical (unpaired) electrons. The third-order valence-corrected chi connectivity index (χ3v) is 5.00. The van der Waals surface area contributed by atoms with Gasteiger partial charge in [-0.05, 0) is 49.2 Å². The molecule has 0 saturated carbocycles. The SMILES string of the molecule is Cc1ccc(S(=O)(=O)NCC(=O)OCC(=O)NCc2ccco2)cc1C. The van der Waals surface area contributed by atoms with Gasteiger partial charge in [0.2, 0.25) is 10.0 Å². The number of ether oxygens (including phenoxy) is 1. The zero-order valence-electron chi connectivity index (χ0n) is 14.4. The summed E-state index contributed by atoms with van der Waals surface area (Å²) < 4.78 is 36.3. The second-order valence-corrected chi connectivity index (χ2v) is 7.35. The highest BCUT2D eigenvalue weighted by atomic mass is 32.2. The van der Waals surface area contributed by atoms with Crippen LogP contribution in [0.3, 0.4) is 0 Å². The first-order valence-corrected chi connectivity index (χ1v) is 9.28. The van der Waals surface area contributed by atoms with Crippen LogP contribution in [0.15, 0.2) is 45.9 Å². The van der Waals surface area contributed by atoms with Crippen molar-refractivity contribution in [3.63, 3.8) is 0 Å². The molecule has 1 amide bonds. The molecule has 1 aromatic heterocycles. The van der Waals surface area contributed by atoms with Crippen LogP contribution in [0, 0.1) is 13.8 Å². The van der Waals surface area contributed by atoms with Crippen molar-refractivity contribution in [1.29, 1.82) is 0 Å². The van der Waals surface area contributed by atoms with Crippen LogP contribution in [0.25, 0.3) is 0 Å². The van der Waals surface area contributed by atoms with Crippen molar-refractivity contribution in [3.05, 3.63) is 53.5 Å². The summed E-state index contributed by atoms with van der Waals surface area (Å²) in [5, 5.41) is 2.50. The summed E-state index contributed by atoms with van der Waals surface area (Å²) in [7, 11) is -3.84. The standard InChI is InChI=1S/C17H20N2O6S/c1-12-5-6-15(8-13(12)2)26(22,23)19-10-17(21)25-11-16(20)18-9-14-4-3-7-24-14/h3-8,19H,9-11H2,1-2H3,(H,18,20). The maximum atomic E-state index is 12.2. The molecule has 2 rings (SSSR count). The van der Waals surface area contributed by atoms with Crippen LogP contribution in [0.5, 0.6) is 0 Å². The number of carbonyl (C=O) groups excluding carboxylic acids is 2. The molecule has 0 aliphatic carbocycles. The van der Waals surface area contributed by atoms with Crippen LogP contribution < -0.4 is 10.0 Å². The Kier molecular flexibility index (Phi) is 6.53. The Labute approximate surface area is 151 Å². The normalized spacial score (nSPS) is 11.2. The van der Waals surface area contributed by atoms with Gasteiger partial charge in [0.1, 0.15) is 12.3 Å². The Morgan fingerprint density at radius 3 is 2.58 bits per heavy atom. The van der Waals surface area contributed by atoms with Crippen LogP contribution in [-0.2, 0) is 30.9 Å². The summed E-state index contributed by atoms with van der Waals surface area (Å²) in [6.07, 6.45) is 1.48. The Balaban J connectivity index is 1.76. The van der Waals surface area contributed by atoms with Crippen LogP contribution in [0.4, 0.5) is 0 Å². The average molecular weight is 380 g/mol. The number of esters is 1. The van der Waals surface area contributed by atoms with Gasteiger partial charge in [0, 0.05) is 0 Å². The van der Waals surface area contributed by atoms with Gasteiger partial charge in [-0.2, -0.15) is 4.72 Å². The number of hydrogen-bond donors (Lipinski definition) is 2. The fourth-order valence-corrected chi connectivity index (χ4v) is 3.02. The average Bonchev–Trinajstić information content (AvgIpc) is 3.12. The number of furan rings is 1. The molecule has 9 heteroatoms. The van der Waals surface area contributed by atoms with E-state index in [9.17, 15) is 18.0 Å². The molecule has 26 heavy (non-hydrogen) atoms. The lowest BCUT2D eigenvalue weighted by atomic mass is 10.1. The van der Waals surface area contributed by atoms with Gasteiger partial charge in [-0.1, -0.05) is 6.07 Å². The number of benzene rings is 1. The molecule has 0 atom stereocenters.